The smallest absolute Gasteiger partial charge is 0.335 e. The number of fused-ring (bicyclic) bond motifs is 1. The zero-order valence-corrected chi connectivity index (χ0v) is 12.7. The lowest BCUT2D eigenvalue weighted by Gasteiger charge is -2.10. The zero-order valence-electron chi connectivity index (χ0n) is 11.9. The summed E-state index contributed by atoms with van der Waals surface area (Å²) in [5, 5.41) is 9.72. The van der Waals surface area contributed by atoms with E-state index in [9.17, 15) is 4.79 Å². The number of nitrogens with zero attached hydrogens (tertiary/aromatic N) is 2. The Morgan fingerprint density at radius 3 is 2.65 bits per heavy atom. The molecule has 7 nitrogen and oxygen atoms in total. The molecule has 0 atom stereocenters. The van der Waals surface area contributed by atoms with E-state index in [1.165, 1.54) is 11.9 Å². The van der Waals surface area contributed by atoms with Crippen molar-refractivity contribution in [1.29, 1.82) is 0 Å². The first kappa shape index (κ1) is 15.1. The van der Waals surface area contributed by atoms with Crippen molar-refractivity contribution in [2.75, 3.05) is 10.1 Å². The molecule has 0 radical (unpaired) electrons. The van der Waals surface area contributed by atoms with Gasteiger partial charge in [0.25, 0.3) is 0 Å². The van der Waals surface area contributed by atoms with Crippen molar-refractivity contribution in [2.45, 2.75) is 4.90 Å². The number of hydrogen-bond acceptors (Lipinski definition) is 7. The molecule has 0 aliphatic carbocycles. The lowest BCUT2D eigenvalue weighted by molar-refractivity contribution is 0.0697. The van der Waals surface area contributed by atoms with Gasteiger partial charge in [0.15, 0.2) is 0 Å². The number of rotatable bonds is 5. The largest absolute Gasteiger partial charge is 0.478 e. The number of aromatic carboxylic acids is 1. The third-order valence-corrected chi connectivity index (χ3v) is 4.01. The molecule has 2 heterocycles. The van der Waals surface area contributed by atoms with Crippen LogP contribution in [0.3, 0.4) is 0 Å². The standard InChI is InChI=1S/C15H13N5O2S/c16-19-14-11-2-1-7-17-13(11)12(8-18-14)23-20-10-5-3-9(4-6-10)15(21)22/h1-8,20H,16H2,(H,18,19)(H,21,22). The van der Waals surface area contributed by atoms with Gasteiger partial charge in [-0.1, -0.05) is 0 Å². The van der Waals surface area contributed by atoms with Crippen molar-refractivity contribution in [1.82, 2.24) is 9.97 Å². The molecule has 2 aromatic heterocycles. The minimum Gasteiger partial charge on any atom is -0.478 e. The Balaban J connectivity index is 1.83. The van der Waals surface area contributed by atoms with E-state index in [4.69, 9.17) is 10.9 Å². The van der Waals surface area contributed by atoms with Crippen LogP contribution >= 0.6 is 11.9 Å². The number of nitrogens with two attached hydrogens (primary N) is 1. The number of carbonyl (C=O) groups is 1. The Morgan fingerprint density at radius 1 is 1.17 bits per heavy atom. The van der Waals surface area contributed by atoms with E-state index in [0.29, 0.717) is 5.82 Å². The number of benzene rings is 1. The number of anilines is 2. The second-order valence-corrected chi connectivity index (χ2v) is 5.45. The number of nitrogen functional groups attached to an aromatic ring is 1. The number of aromatic nitrogens is 2. The van der Waals surface area contributed by atoms with Crippen LogP contribution in [0.25, 0.3) is 10.9 Å². The highest BCUT2D eigenvalue weighted by Crippen LogP contribution is 2.29. The summed E-state index contributed by atoms with van der Waals surface area (Å²) in [4.78, 5) is 20.3. The highest BCUT2D eigenvalue weighted by molar-refractivity contribution is 8.00. The number of pyridine rings is 2. The quantitative estimate of drug-likeness (QED) is 0.321. The summed E-state index contributed by atoms with van der Waals surface area (Å²) >= 11 is 1.35. The van der Waals surface area contributed by atoms with Gasteiger partial charge in [-0.05, 0) is 48.3 Å². The van der Waals surface area contributed by atoms with E-state index in [0.717, 1.165) is 21.5 Å². The van der Waals surface area contributed by atoms with E-state index < -0.39 is 5.97 Å². The minimum atomic E-state index is -0.950. The molecular formula is C15H13N5O2S. The summed E-state index contributed by atoms with van der Waals surface area (Å²) in [5.41, 5.74) is 4.35. The van der Waals surface area contributed by atoms with Crippen LogP contribution in [-0.2, 0) is 0 Å². The summed E-state index contributed by atoms with van der Waals surface area (Å²) < 4.78 is 3.15. The third kappa shape index (κ3) is 3.17. The molecule has 5 N–H and O–H groups in total. The molecule has 23 heavy (non-hydrogen) atoms. The first-order chi connectivity index (χ1) is 11.2. The first-order valence-corrected chi connectivity index (χ1v) is 7.47. The predicted octanol–water partition coefficient (Wildman–Crippen LogP) is 2.73. The molecule has 0 spiro atoms. The van der Waals surface area contributed by atoms with Gasteiger partial charge in [-0.3, -0.25) is 4.98 Å². The summed E-state index contributed by atoms with van der Waals surface area (Å²) in [7, 11) is 0. The van der Waals surface area contributed by atoms with Gasteiger partial charge < -0.3 is 15.3 Å². The van der Waals surface area contributed by atoms with Gasteiger partial charge in [-0.25, -0.2) is 15.6 Å². The van der Waals surface area contributed by atoms with Crippen molar-refractivity contribution in [3.63, 3.8) is 0 Å². The van der Waals surface area contributed by atoms with Crippen molar-refractivity contribution < 1.29 is 9.90 Å². The Morgan fingerprint density at radius 2 is 1.96 bits per heavy atom. The van der Waals surface area contributed by atoms with E-state index >= 15 is 0 Å². The molecule has 0 aliphatic rings. The second kappa shape index (κ2) is 6.51. The van der Waals surface area contributed by atoms with Crippen LogP contribution in [0.15, 0.2) is 53.7 Å². The molecule has 116 valence electrons. The SMILES string of the molecule is NNc1ncc(SNc2ccc(C(=O)O)cc2)c2ncccc12. The molecule has 8 heteroatoms. The second-order valence-electron chi connectivity index (χ2n) is 4.60. The maximum absolute atomic E-state index is 10.8. The molecule has 3 rings (SSSR count). The number of hydrazine groups is 1. The average Bonchev–Trinajstić information content (AvgIpc) is 2.60. The molecule has 3 aromatic rings. The van der Waals surface area contributed by atoms with Gasteiger partial charge in [0, 0.05) is 23.5 Å². The number of carboxylic acid groups (broad SMARTS) is 1. The molecule has 0 saturated carbocycles. The zero-order chi connectivity index (χ0) is 16.2. The van der Waals surface area contributed by atoms with E-state index in [1.54, 1.807) is 36.7 Å². The van der Waals surface area contributed by atoms with Crippen molar-refractivity contribution in [3.05, 3.63) is 54.4 Å². The van der Waals surface area contributed by atoms with E-state index in [-0.39, 0.29) is 5.56 Å². The topological polar surface area (TPSA) is 113 Å². The predicted molar refractivity (Wildman–Crippen MR) is 90.2 cm³/mol. The Kier molecular flexibility index (Phi) is 4.26. The average molecular weight is 327 g/mol. The van der Waals surface area contributed by atoms with Crippen molar-refractivity contribution in [2.24, 2.45) is 5.84 Å². The first-order valence-electron chi connectivity index (χ1n) is 6.65. The summed E-state index contributed by atoms with van der Waals surface area (Å²) in [5.74, 6) is 5.07. The number of nitrogens with one attached hydrogen (secondary N) is 2. The van der Waals surface area contributed by atoms with Crippen molar-refractivity contribution in [3.8, 4) is 0 Å². The molecule has 0 amide bonds. The molecule has 0 aliphatic heterocycles. The Hall–Kier alpha value is -2.84. The van der Waals surface area contributed by atoms with Gasteiger partial charge in [-0.2, -0.15) is 0 Å². The van der Waals surface area contributed by atoms with Crippen LogP contribution in [0, 0.1) is 0 Å². The maximum atomic E-state index is 10.8. The highest BCUT2D eigenvalue weighted by atomic mass is 32.2. The minimum absolute atomic E-state index is 0.243. The van der Waals surface area contributed by atoms with Gasteiger partial charge in [0.1, 0.15) is 5.82 Å². The molecule has 0 fully saturated rings. The van der Waals surface area contributed by atoms with Gasteiger partial charge in [0.05, 0.1) is 16.0 Å². The van der Waals surface area contributed by atoms with Crippen LogP contribution in [0.4, 0.5) is 11.5 Å². The van der Waals surface area contributed by atoms with Crippen molar-refractivity contribution >= 4 is 40.3 Å². The highest BCUT2D eigenvalue weighted by Gasteiger charge is 2.09. The van der Waals surface area contributed by atoms with Crippen LogP contribution in [0.2, 0.25) is 0 Å². The van der Waals surface area contributed by atoms with Crippen LogP contribution in [0.1, 0.15) is 10.4 Å². The summed E-state index contributed by atoms with van der Waals surface area (Å²) in [6, 6.07) is 10.2. The van der Waals surface area contributed by atoms with Crippen LogP contribution in [0.5, 0.6) is 0 Å². The Labute approximate surface area is 136 Å². The summed E-state index contributed by atoms with van der Waals surface area (Å²) in [6.45, 7) is 0. The maximum Gasteiger partial charge on any atom is 0.335 e. The summed E-state index contributed by atoms with van der Waals surface area (Å²) in [6.07, 6.45) is 3.38. The number of hydrogen-bond donors (Lipinski definition) is 4. The van der Waals surface area contributed by atoms with Crippen LogP contribution < -0.4 is 16.0 Å². The fourth-order valence-corrected chi connectivity index (χ4v) is 2.76. The van der Waals surface area contributed by atoms with Gasteiger partial charge in [-0.15, -0.1) is 0 Å². The molecule has 0 saturated heterocycles. The number of carboxylic acids is 1. The van der Waals surface area contributed by atoms with Gasteiger partial charge in [0.2, 0.25) is 0 Å². The lowest BCUT2D eigenvalue weighted by Crippen LogP contribution is -2.09. The molecule has 1 aromatic carbocycles. The fraction of sp³-hybridized carbons (Fsp3) is 0. The molecule has 0 bridgehead atoms. The lowest BCUT2D eigenvalue weighted by atomic mass is 10.2. The molecular weight excluding hydrogens is 314 g/mol. The molecule has 0 unspecified atom stereocenters. The monoisotopic (exact) mass is 327 g/mol. The Bertz CT molecular complexity index is 854. The van der Waals surface area contributed by atoms with Gasteiger partial charge >= 0.3 is 5.97 Å². The fourth-order valence-electron chi connectivity index (χ4n) is 2.03. The van der Waals surface area contributed by atoms with E-state index in [1.807, 2.05) is 12.1 Å². The normalized spacial score (nSPS) is 10.5. The van der Waals surface area contributed by atoms with E-state index in [2.05, 4.69) is 20.1 Å². The third-order valence-electron chi connectivity index (χ3n) is 3.15. The van der Waals surface area contributed by atoms with Crippen LogP contribution in [-0.4, -0.2) is 21.0 Å².